The molecular formula is C22H50NO3Si+. The molecule has 5 heteroatoms. The van der Waals surface area contributed by atoms with Crippen molar-refractivity contribution in [2.45, 2.75) is 97.9 Å². The smallest absolute Gasteiger partial charge is 0.374 e. The van der Waals surface area contributed by atoms with E-state index >= 15 is 0 Å². The molecule has 0 aliphatic carbocycles. The number of hydrogen-bond acceptors (Lipinski definition) is 3. The van der Waals surface area contributed by atoms with Crippen molar-refractivity contribution < 1.29 is 17.8 Å². The van der Waals surface area contributed by atoms with Crippen molar-refractivity contribution in [1.29, 1.82) is 0 Å². The first-order valence-electron chi connectivity index (χ1n) is 11.7. The lowest BCUT2D eigenvalue weighted by molar-refractivity contribution is -0.890. The summed E-state index contributed by atoms with van der Waals surface area (Å²) in [7, 11) is 2.25. The van der Waals surface area contributed by atoms with Crippen LogP contribution in [0.5, 0.6) is 0 Å². The standard InChI is InChI=1S/C22H50NO3Si/c1-7-11-12-13-14-15-16-17-18-20-23(5,6)21-19-22-27(24-8-2,25-9-3)26-10-4/h7-22H2,1-6H3/q+1. The molecule has 164 valence electrons. The van der Waals surface area contributed by atoms with Crippen LogP contribution < -0.4 is 0 Å². The Morgan fingerprint density at radius 2 is 0.963 bits per heavy atom. The SMILES string of the molecule is CCCCCCCCCCC[N+](C)(C)CCC[Si](OCC)(OCC)OCC. The van der Waals surface area contributed by atoms with E-state index in [-0.39, 0.29) is 0 Å². The Morgan fingerprint density at radius 3 is 1.41 bits per heavy atom. The minimum absolute atomic E-state index is 0.670. The van der Waals surface area contributed by atoms with Crippen LogP contribution in [0.25, 0.3) is 0 Å². The molecule has 0 N–H and O–H groups in total. The van der Waals surface area contributed by atoms with Crippen LogP contribution in [0.4, 0.5) is 0 Å². The molecule has 0 aromatic rings. The van der Waals surface area contributed by atoms with E-state index in [9.17, 15) is 0 Å². The van der Waals surface area contributed by atoms with Crippen molar-refractivity contribution in [3.8, 4) is 0 Å². The molecule has 27 heavy (non-hydrogen) atoms. The largest absolute Gasteiger partial charge is 0.501 e. The molecule has 4 nitrogen and oxygen atoms in total. The van der Waals surface area contributed by atoms with E-state index in [1.807, 2.05) is 20.8 Å². The Kier molecular flexibility index (Phi) is 17.0. The van der Waals surface area contributed by atoms with Crippen LogP contribution >= 0.6 is 0 Å². The Labute approximate surface area is 171 Å². The summed E-state index contributed by atoms with van der Waals surface area (Å²) in [4.78, 5) is 0. The minimum Gasteiger partial charge on any atom is -0.374 e. The van der Waals surface area contributed by atoms with Gasteiger partial charge in [0, 0.05) is 32.3 Å². The summed E-state index contributed by atoms with van der Waals surface area (Å²) in [6.07, 6.45) is 13.7. The van der Waals surface area contributed by atoms with Gasteiger partial charge in [-0.3, -0.25) is 0 Å². The summed E-state index contributed by atoms with van der Waals surface area (Å²) in [6, 6.07) is 0.932. The van der Waals surface area contributed by atoms with Gasteiger partial charge in [-0.2, -0.15) is 0 Å². The lowest BCUT2D eigenvalue weighted by atomic mass is 10.1. The Morgan fingerprint density at radius 1 is 0.556 bits per heavy atom. The third-order valence-electron chi connectivity index (χ3n) is 5.21. The first kappa shape index (κ1) is 27.1. The van der Waals surface area contributed by atoms with E-state index in [0.29, 0.717) is 19.8 Å². The predicted octanol–water partition coefficient (Wildman–Crippen LogP) is 6.03. The van der Waals surface area contributed by atoms with E-state index < -0.39 is 8.80 Å². The molecule has 0 spiro atoms. The zero-order valence-corrected chi connectivity index (χ0v) is 20.5. The van der Waals surface area contributed by atoms with E-state index in [0.717, 1.165) is 16.9 Å². The molecule has 0 bridgehead atoms. The van der Waals surface area contributed by atoms with Crippen LogP contribution in [-0.4, -0.2) is 60.3 Å². The number of quaternary nitrogens is 1. The maximum atomic E-state index is 5.97. The van der Waals surface area contributed by atoms with Crippen molar-refractivity contribution in [2.75, 3.05) is 47.0 Å². The highest BCUT2D eigenvalue weighted by Crippen LogP contribution is 2.20. The second kappa shape index (κ2) is 17.0. The van der Waals surface area contributed by atoms with Gasteiger partial charge in [0.2, 0.25) is 0 Å². The summed E-state index contributed by atoms with van der Waals surface area (Å²) in [6.45, 7) is 12.8. The number of nitrogens with zero attached hydrogens (tertiary/aromatic N) is 1. The normalized spacial score (nSPS) is 12.7. The third kappa shape index (κ3) is 14.7. The molecule has 0 fully saturated rings. The van der Waals surface area contributed by atoms with Gasteiger partial charge in [-0.1, -0.05) is 51.9 Å². The molecule has 0 rings (SSSR count). The van der Waals surface area contributed by atoms with Gasteiger partial charge < -0.3 is 17.8 Å². The first-order chi connectivity index (χ1) is 12.9. The fourth-order valence-corrected chi connectivity index (χ4v) is 6.28. The van der Waals surface area contributed by atoms with Gasteiger partial charge in [0.1, 0.15) is 0 Å². The third-order valence-corrected chi connectivity index (χ3v) is 8.36. The van der Waals surface area contributed by atoms with Crippen molar-refractivity contribution in [2.24, 2.45) is 0 Å². The fraction of sp³-hybridized carbons (Fsp3) is 1.00. The highest BCUT2D eigenvalue weighted by atomic mass is 28.4. The maximum absolute atomic E-state index is 5.97. The van der Waals surface area contributed by atoms with Gasteiger partial charge in [0.25, 0.3) is 0 Å². The van der Waals surface area contributed by atoms with Gasteiger partial charge in [-0.05, 0) is 33.6 Å². The number of rotatable bonds is 20. The summed E-state index contributed by atoms with van der Waals surface area (Å²) in [5, 5.41) is 0. The maximum Gasteiger partial charge on any atom is 0.501 e. The topological polar surface area (TPSA) is 27.7 Å². The Bertz CT molecular complexity index is 310. The van der Waals surface area contributed by atoms with Crippen LogP contribution in [0.3, 0.4) is 0 Å². The second-order valence-electron chi connectivity index (χ2n) is 8.30. The van der Waals surface area contributed by atoms with Gasteiger partial charge in [-0.15, -0.1) is 0 Å². The first-order valence-corrected chi connectivity index (χ1v) is 13.6. The Balaban J connectivity index is 3.99. The monoisotopic (exact) mass is 404 g/mol. The summed E-state index contributed by atoms with van der Waals surface area (Å²) in [5.74, 6) is 0. The molecule has 0 aliphatic rings. The molecule has 0 unspecified atom stereocenters. The molecular weight excluding hydrogens is 354 g/mol. The summed E-state index contributed by atoms with van der Waals surface area (Å²) < 4.78 is 19.0. The van der Waals surface area contributed by atoms with Gasteiger partial charge >= 0.3 is 8.80 Å². The molecule has 0 atom stereocenters. The molecule has 0 amide bonds. The zero-order valence-electron chi connectivity index (χ0n) is 19.5. The van der Waals surface area contributed by atoms with Crippen LogP contribution in [0, 0.1) is 0 Å². The zero-order chi connectivity index (χ0) is 20.4. The quantitative estimate of drug-likeness (QED) is 0.141. The molecule has 0 radical (unpaired) electrons. The van der Waals surface area contributed by atoms with Gasteiger partial charge in [0.15, 0.2) is 0 Å². The van der Waals surface area contributed by atoms with Crippen LogP contribution in [0.15, 0.2) is 0 Å². The molecule has 0 aliphatic heterocycles. The Hall–Kier alpha value is 0.0569. The van der Waals surface area contributed by atoms with Gasteiger partial charge in [-0.25, -0.2) is 0 Å². The molecule has 0 aromatic carbocycles. The number of hydrogen-bond donors (Lipinski definition) is 0. The van der Waals surface area contributed by atoms with Gasteiger partial charge in [0.05, 0.1) is 27.2 Å². The second-order valence-corrected chi connectivity index (χ2v) is 11.0. The van der Waals surface area contributed by atoms with Crippen molar-refractivity contribution in [3.63, 3.8) is 0 Å². The van der Waals surface area contributed by atoms with Crippen LogP contribution in [0.1, 0.15) is 91.9 Å². The van der Waals surface area contributed by atoms with Crippen LogP contribution in [-0.2, 0) is 13.3 Å². The lowest BCUT2D eigenvalue weighted by Crippen LogP contribution is -2.48. The molecule has 0 heterocycles. The van der Waals surface area contributed by atoms with Crippen molar-refractivity contribution in [1.82, 2.24) is 0 Å². The van der Waals surface area contributed by atoms with E-state index in [1.54, 1.807) is 0 Å². The van der Waals surface area contributed by atoms with Crippen molar-refractivity contribution in [3.05, 3.63) is 0 Å². The molecule has 0 saturated heterocycles. The highest BCUT2D eigenvalue weighted by molar-refractivity contribution is 6.60. The number of unbranched alkanes of at least 4 members (excludes halogenated alkanes) is 8. The van der Waals surface area contributed by atoms with E-state index in [4.69, 9.17) is 13.3 Å². The highest BCUT2D eigenvalue weighted by Gasteiger charge is 2.40. The van der Waals surface area contributed by atoms with E-state index in [2.05, 4.69) is 21.0 Å². The molecule has 0 aromatic heterocycles. The van der Waals surface area contributed by atoms with E-state index in [1.165, 1.54) is 70.9 Å². The lowest BCUT2D eigenvalue weighted by Gasteiger charge is -2.32. The average Bonchev–Trinajstić information content (AvgIpc) is 2.61. The summed E-state index contributed by atoms with van der Waals surface area (Å²) in [5.41, 5.74) is 0. The molecule has 0 saturated carbocycles. The van der Waals surface area contributed by atoms with Crippen molar-refractivity contribution >= 4 is 8.80 Å². The fourth-order valence-electron chi connectivity index (χ4n) is 3.69. The predicted molar refractivity (Wildman–Crippen MR) is 119 cm³/mol. The average molecular weight is 405 g/mol. The van der Waals surface area contributed by atoms with Crippen LogP contribution in [0.2, 0.25) is 6.04 Å². The minimum atomic E-state index is -2.47. The summed E-state index contributed by atoms with van der Waals surface area (Å²) >= 11 is 0.